The molecule has 0 aromatic carbocycles. The number of hydrogen-bond donors (Lipinski definition) is 0. The van der Waals surface area contributed by atoms with Gasteiger partial charge in [0.1, 0.15) is 6.29 Å². The lowest BCUT2D eigenvalue weighted by Crippen LogP contribution is -2.45. The van der Waals surface area contributed by atoms with Crippen molar-refractivity contribution in [3.05, 3.63) is 0 Å². The molecule has 1 unspecified atom stereocenters. The van der Waals surface area contributed by atoms with E-state index in [1.54, 1.807) is 0 Å². The standard InChI is InChI=1S/C12H26O2Si/c1-10(2)11(8-9-13)14-15(6,7)12(3,4)5/h9-11H,8H2,1-7H3. The lowest BCUT2D eigenvalue weighted by molar-refractivity contribution is -0.109. The number of carbonyl (C=O) groups is 1. The van der Waals surface area contributed by atoms with Crippen LogP contribution in [-0.4, -0.2) is 20.7 Å². The van der Waals surface area contributed by atoms with Crippen LogP contribution >= 0.6 is 0 Å². The van der Waals surface area contributed by atoms with E-state index < -0.39 is 8.32 Å². The average molecular weight is 230 g/mol. The van der Waals surface area contributed by atoms with E-state index in [-0.39, 0.29) is 11.1 Å². The fourth-order valence-electron chi connectivity index (χ4n) is 1.11. The highest BCUT2D eigenvalue weighted by atomic mass is 28.4. The number of hydrogen-bond acceptors (Lipinski definition) is 2. The normalized spacial score (nSPS) is 15.5. The molecule has 0 bridgehead atoms. The zero-order chi connectivity index (χ0) is 12.3. The van der Waals surface area contributed by atoms with Gasteiger partial charge in [0.25, 0.3) is 0 Å². The van der Waals surface area contributed by atoms with Crippen molar-refractivity contribution in [1.29, 1.82) is 0 Å². The molecule has 0 rings (SSSR count). The molecule has 0 heterocycles. The van der Waals surface area contributed by atoms with Gasteiger partial charge in [0.05, 0.1) is 6.10 Å². The molecule has 0 aliphatic rings. The second kappa shape index (κ2) is 5.26. The van der Waals surface area contributed by atoms with E-state index in [1.165, 1.54) is 0 Å². The Morgan fingerprint density at radius 2 is 1.73 bits per heavy atom. The molecule has 0 saturated carbocycles. The van der Waals surface area contributed by atoms with Gasteiger partial charge in [0.2, 0.25) is 0 Å². The van der Waals surface area contributed by atoms with Crippen molar-refractivity contribution in [1.82, 2.24) is 0 Å². The van der Waals surface area contributed by atoms with Gasteiger partial charge in [-0.2, -0.15) is 0 Å². The molecule has 0 spiro atoms. The van der Waals surface area contributed by atoms with Crippen LogP contribution in [0.3, 0.4) is 0 Å². The molecule has 0 aliphatic carbocycles. The van der Waals surface area contributed by atoms with Crippen molar-refractivity contribution in [2.24, 2.45) is 5.92 Å². The van der Waals surface area contributed by atoms with Crippen molar-refractivity contribution in [2.75, 3.05) is 0 Å². The third-order valence-corrected chi connectivity index (χ3v) is 7.83. The van der Waals surface area contributed by atoms with Crippen molar-refractivity contribution < 1.29 is 9.22 Å². The minimum Gasteiger partial charge on any atom is -0.413 e. The fourth-order valence-corrected chi connectivity index (χ4v) is 2.59. The van der Waals surface area contributed by atoms with Crippen molar-refractivity contribution >= 4 is 14.6 Å². The second-order valence-corrected chi connectivity index (χ2v) is 10.8. The molecule has 90 valence electrons. The molecule has 0 aromatic rings. The molecule has 1 atom stereocenters. The number of aldehydes is 1. The maximum Gasteiger partial charge on any atom is 0.192 e. The van der Waals surface area contributed by atoms with Crippen LogP contribution in [0.15, 0.2) is 0 Å². The van der Waals surface area contributed by atoms with Crippen LogP contribution in [0.5, 0.6) is 0 Å². The quantitative estimate of drug-likeness (QED) is 0.532. The average Bonchev–Trinajstić information content (AvgIpc) is 2.00. The summed E-state index contributed by atoms with van der Waals surface area (Å²) >= 11 is 0. The maximum absolute atomic E-state index is 10.6. The third-order valence-electron chi connectivity index (χ3n) is 3.32. The summed E-state index contributed by atoms with van der Waals surface area (Å²) in [5.74, 6) is 0.407. The Kier molecular flexibility index (Phi) is 5.20. The van der Waals surface area contributed by atoms with Gasteiger partial charge in [-0.3, -0.25) is 0 Å². The number of carbonyl (C=O) groups excluding carboxylic acids is 1. The van der Waals surface area contributed by atoms with E-state index in [1.807, 2.05) is 0 Å². The molecule has 15 heavy (non-hydrogen) atoms. The van der Waals surface area contributed by atoms with Crippen LogP contribution in [0.2, 0.25) is 18.1 Å². The summed E-state index contributed by atoms with van der Waals surface area (Å²) < 4.78 is 6.21. The molecule has 3 heteroatoms. The molecule has 0 aromatic heterocycles. The van der Waals surface area contributed by atoms with Gasteiger partial charge in [-0.25, -0.2) is 0 Å². The zero-order valence-electron chi connectivity index (χ0n) is 11.3. The lowest BCUT2D eigenvalue weighted by atomic mass is 10.1. The van der Waals surface area contributed by atoms with Gasteiger partial charge in [0.15, 0.2) is 8.32 Å². The largest absolute Gasteiger partial charge is 0.413 e. The van der Waals surface area contributed by atoms with E-state index in [2.05, 4.69) is 47.7 Å². The summed E-state index contributed by atoms with van der Waals surface area (Å²) in [4.78, 5) is 10.6. The molecule has 0 fully saturated rings. The first kappa shape index (κ1) is 14.8. The summed E-state index contributed by atoms with van der Waals surface area (Å²) in [5, 5.41) is 0.211. The van der Waals surface area contributed by atoms with Crippen LogP contribution in [0, 0.1) is 5.92 Å². The Bertz CT molecular complexity index is 204. The lowest BCUT2D eigenvalue weighted by Gasteiger charge is -2.40. The van der Waals surface area contributed by atoms with Gasteiger partial charge >= 0.3 is 0 Å². The molecule has 0 radical (unpaired) electrons. The molecule has 0 amide bonds. The summed E-state index contributed by atoms with van der Waals surface area (Å²) in [7, 11) is -1.73. The number of rotatable bonds is 5. The van der Waals surface area contributed by atoms with Gasteiger partial charge in [-0.15, -0.1) is 0 Å². The Hall–Kier alpha value is -0.153. The molecular formula is C12H26O2Si. The van der Waals surface area contributed by atoms with Crippen LogP contribution in [-0.2, 0) is 9.22 Å². The summed E-state index contributed by atoms with van der Waals surface area (Å²) in [6, 6.07) is 0. The first-order chi connectivity index (χ1) is 6.62. The highest BCUT2D eigenvalue weighted by Gasteiger charge is 2.39. The monoisotopic (exact) mass is 230 g/mol. The minimum atomic E-state index is -1.73. The van der Waals surface area contributed by atoms with E-state index in [0.717, 1.165) is 6.29 Å². The Labute approximate surface area is 95.5 Å². The predicted octanol–water partition coefficient (Wildman–Crippen LogP) is 3.62. The molecular weight excluding hydrogens is 204 g/mol. The third kappa shape index (κ3) is 4.47. The molecule has 0 saturated heterocycles. The SMILES string of the molecule is CC(C)C(CC=O)O[Si](C)(C)C(C)(C)C. The van der Waals surface area contributed by atoms with Gasteiger partial charge in [0, 0.05) is 6.42 Å². The first-order valence-corrected chi connectivity index (χ1v) is 8.64. The molecule has 0 N–H and O–H groups in total. The van der Waals surface area contributed by atoms with Crippen molar-refractivity contribution in [3.63, 3.8) is 0 Å². The minimum absolute atomic E-state index is 0.0865. The Morgan fingerprint density at radius 3 is 2.00 bits per heavy atom. The Morgan fingerprint density at radius 1 is 1.27 bits per heavy atom. The van der Waals surface area contributed by atoms with E-state index in [0.29, 0.717) is 12.3 Å². The maximum atomic E-state index is 10.6. The molecule has 0 aliphatic heterocycles. The van der Waals surface area contributed by atoms with Crippen LogP contribution in [0.1, 0.15) is 41.0 Å². The van der Waals surface area contributed by atoms with Crippen molar-refractivity contribution in [2.45, 2.75) is 65.3 Å². The highest BCUT2D eigenvalue weighted by molar-refractivity contribution is 6.74. The first-order valence-electron chi connectivity index (χ1n) is 5.73. The van der Waals surface area contributed by atoms with Crippen LogP contribution < -0.4 is 0 Å². The summed E-state index contributed by atoms with van der Waals surface area (Å²) in [5.41, 5.74) is 0. The Balaban J connectivity index is 4.59. The molecule has 2 nitrogen and oxygen atoms in total. The smallest absolute Gasteiger partial charge is 0.192 e. The van der Waals surface area contributed by atoms with E-state index >= 15 is 0 Å². The highest BCUT2D eigenvalue weighted by Crippen LogP contribution is 2.38. The van der Waals surface area contributed by atoms with Gasteiger partial charge < -0.3 is 9.22 Å². The summed E-state index contributed by atoms with van der Waals surface area (Å²) in [6.45, 7) is 15.3. The predicted molar refractivity (Wildman–Crippen MR) is 67.6 cm³/mol. The van der Waals surface area contributed by atoms with Crippen molar-refractivity contribution in [3.8, 4) is 0 Å². The van der Waals surface area contributed by atoms with E-state index in [9.17, 15) is 4.79 Å². The van der Waals surface area contributed by atoms with Gasteiger partial charge in [-0.05, 0) is 24.1 Å². The second-order valence-electron chi connectivity index (χ2n) is 6.06. The van der Waals surface area contributed by atoms with E-state index in [4.69, 9.17) is 4.43 Å². The van der Waals surface area contributed by atoms with Crippen LogP contribution in [0.4, 0.5) is 0 Å². The fraction of sp³-hybridized carbons (Fsp3) is 0.917. The summed E-state index contributed by atoms with van der Waals surface area (Å²) in [6.07, 6.45) is 1.57. The van der Waals surface area contributed by atoms with Gasteiger partial charge in [-0.1, -0.05) is 34.6 Å². The topological polar surface area (TPSA) is 26.3 Å². The van der Waals surface area contributed by atoms with Crippen LogP contribution in [0.25, 0.3) is 0 Å². The zero-order valence-corrected chi connectivity index (χ0v) is 12.3.